The van der Waals surface area contributed by atoms with Crippen LogP contribution in [0.15, 0.2) is 40.2 Å². The molecule has 1 unspecified atom stereocenters. The number of nitro groups is 1. The zero-order valence-corrected chi connectivity index (χ0v) is 13.0. The van der Waals surface area contributed by atoms with Gasteiger partial charge in [0, 0.05) is 16.6 Å². The fourth-order valence-corrected chi connectivity index (χ4v) is 3.50. The number of nitro benzene ring substituents is 1. The normalized spacial score (nSPS) is 15.8. The van der Waals surface area contributed by atoms with E-state index < -0.39 is 0 Å². The molecule has 1 aliphatic rings. The molecule has 4 nitrogen and oxygen atoms in total. The van der Waals surface area contributed by atoms with E-state index in [4.69, 9.17) is 0 Å². The maximum absolute atomic E-state index is 11.0. The third-order valence-electron chi connectivity index (χ3n) is 3.41. The molecule has 1 N–H and O–H groups in total. The third-order valence-corrected chi connectivity index (χ3v) is 5.03. The molecular formula is C14H13BrN2O2S. The van der Waals surface area contributed by atoms with Gasteiger partial charge in [-0.05, 0) is 58.3 Å². The van der Waals surface area contributed by atoms with Crippen LogP contribution in [0.5, 0.6) is 0 Å². The lowest BCUT2D eigenvalue weighted by molar-refractivity contribution is -0.385. The van der Waals surface area contributed by atoms with Crippen LogP contribution in [0.1, 0.15) is 23.8 Å². The molecule has 1 heterocycles. The Labute approximate surface area is 129 Å². The Morgan fingerprint density at radius 3 is 2.80 bits per heavy atom. The van der Waals surface area contributed by atoms with Crippen molar-refractivity contribution in [3.63, 3.8) is 0 Å². The highest BCUT2D eigenvalue weighted by Gasteiger charge is 2.33. The lowest BCUT2D eigenvalue weighted by Gasteiger charge is -2.18. The van der Waals surface area contributed by atoms with Gasteiger partial charge < -0.3 is 5.32 Å². The molecule has 1 saturated carbocycles. The Morgan fingerprint density at radius 1 is 1.40 bits per heavy atom. The summed E-state index contributed by atoms with van der Waals surface area (Å²) in [5.74, 6) is 0.636. The second-order valence-electron chi connectivity index (χ2n) is 4.90. The maximum Gasteiger partial charge on any atom is 0.285 e. The van der Waals surface area contributed by atoms with Crippen LogP contribution in [0.4, 0.5) is 11.4 Å². The molecule has 1 aromatic carbocycles. The molecule has 0 saturated heterocycles. The van der Waals surface area contributed by atoms with Crippen molar-refractivity contribution >= 4 is 38.6 Å². The summed E-state index contributed by atoms with van der Waals surface area (Å²) in [4.78, 5) is 11.9. The van der Waals surface area contributed by atoms with E-state index in [0.29, 0.717) is 10.4 Å². The topological polar surface area (TPSA) is 55.2 Å². The number of rotatable bonds is 5. The molecule has 0 amide bonds. The minimum absolute atomic E-state index is 0.0933. The first kappa shape index (κ1) is 13.6. The van der Waals surface area contributed by atoms with E-state index in [9.17, 15) is 10.1 Å². The van der Waals surface area contributed by atoms with Crippen LogP contribution < -0.4 is 5.32 Å². The van der Waals surface area contributed by atoms with Crippen molar-refractivity contribution in [2.24, 2.45) is 5.92 Å². The molecule has 1 aromatic heterocycles. The predicted molar refractivity (Wildman–Crippen MR) is 84.2 cm³/mol. The number of nitrogens with one attached hydrogen (secondary N) is 1. The van der Waals surface area contributed by atoms with E-state index in [-0.39, 0.29) is 16.7 Å². The number of halogens is 1. The first-order valence-corrected chi connectivity index (χ1v) is 8.06. The zero-order chi connectivity index (χ0) is 14.1. The van der Waals surface area contributed by atoms with Crippen LogP contribution in [-0.2, 0) is 0 Å². The number of nitrogens with zero attached hydrogens (tertiary/aromatic N) is 1. The zero-order valence-electron chi connectivity index (χ0n) is 10.6. The molecule has 1 atom stereocenters. The smallest absolute Gasteiger partial charge is 0.285 e. The quantitative estimate of drug-likeness (QED) is 0.609. The summed E-state index contributed by atoms with van der Waals surface area (Å²) < 4.78 is 0.507. The van der Waals surface area contributed by atoms with Crippen LogP contribution >= 0.6 is 27.3 Å². The molecule has 6 heteroatoms. The molecular weight excluding hydrogens is 340 g/mol. The fraction of sp³-hybridized carbons (Fsp3) is 0.286. The van der Waals surface area contributed by atoms with E-state index >= 15 is 0 Å². The lowest BCUT2D eigenvalue weighted by Crippen LogP contribution is -2.11. The van der Waals surface area contributed by atoms with Gasteiger partial charge in [-0.25, -0.2) is 0 Å². The number of anilines is 1. The highest BCUT2D eigenvalue weighted by Crippen LogP contribution is 2.44. The van der Waals surface area contributed by atoms with Gasteiger partial charge in [0.2, 0.25) is 0 Å². The summed E-state index contributed by atoms with van der Waals surface area (Å²) in [5.41, 5.74) is 0.890. The van der Waals surface area contributed by atoms with Crippen LogP contribution in [-0.4, -0.2) is 4.92 Å². The van der Waals surface area contributed by atoms with Crippen molar-refractivity contribution < 1.29 is 4.92 Å². The van der Waals surface area contributed by atoms with E-state index in [0.717, 1.165) is 5.69 Å². The Morgan fingerprint density at radius 2 is 2.20 bits per heavy atom. The molecule has 1 aliphatic carbocycles. The molecule has 1 fully saturated rings. The van der Waals surface area contributed by atoms with Gasteiger partial charge in [-0.3, -0.25) is 10.1 Å². The first-order chi connectivity index (χ1) is 9.65. The Balaban J connectivity index is 1.86. The summed E-state index contributed by atoms with van der Waals surface area (Å²) >= 11 is 4.94. The average molecular weight is 353 g/mol. The summed E-state index contributed by atoms with van der Waals surface area (Å²) in [7, 11) is 0. The number of benzene rings is 1. The number of hydrogen-bond donors (Lipinski definition) is 1. The van der Waals surface area contributed by atoms with Crippen LogP contribution in [0.25, 0.3) is 0 Å². The van der Waals surface area contributed by atoms with E-state index in [2.05, 4.69) is 32.7 Å². The summed E-state index contributed by atoms with van der Waals surface area (Å²) in [6, 6.07) is 9.61. The molecule has 20 heavy (non-hydrogen) atoms. The first-order valence-electron chi connectivity index (χ1n) is 6.39. The molecule has 0 spiro atoms. The van der Waals surface area contributed by atoms with Crippen molar-refractivity contribution in [3.8, 4) is 0 Å². The van der Waals surface area contributed by atoms with Crippen LogP contribution in [0.2, 0.25) is 0 Å². The molecule has 0 bridgehead atoms. The molecule has 3 rings (SSSR count). The summed E-state index contributed by atoms with van der Waals surface area (Å²) in [6.45, 7) is 0. The minimum atomic E-state index is -0.369. The van der Waals surface area contributed by atoms with Gasteiger partial charge in [0.1, 0.15) is 0 Å². The van der Waals surface area contributed by atoms with Crippen molar-refractivity contribution in [2.75, 3.05) is 5.32 Å². The van der Waals surface area contributed by atoms with Gasteiger partial charge >= 0.3 is 0 Å². The van der Waals surface area contributed by atoms with Gasteiger partial charge in [0.15, 0.2) is 0 Å². The monoisotopic (exact) mass is 352 g/mol. The summed E-state index contributed by atoms with van der Waals surface area (Å²) in [5, 5.41) is 16.5. The largest absolute Gasteiger partial charge is 0.377 e. The molecule has 2 aromatic rings. The van der Waals surface area contributed by atoms with Crippen molar-refractivity contribution in [1.82, 2.24) is 0 Å². The second-order valence-corrected chi connectivity index (χ2v) is 6.73. The van der Waals surface area contributed by atoms with Crippen LogP contribution in [0.3, 0.4) is 0 Å². The highest BCUT2D eigenvalue weighted by atomic mass is 79.9. The van der Waals surface area contributed by atoms with E-state index in [1.54, 1.807) is 23.5 Å². The average Bonchev–Trinajstić information content (AvgIpc) is 3.12. The van der Waals surface area contributed by atoms with E-state index in [1.807, 2.05) is 12.1 Å². The SMILES string of the molecule is O=[N+]([O-])c1cc(NC(c2cccs2)C2CC2)ccc1Br. The maximum atomic E-state index is 11.0. The van der Waals surface area contributed by atoms with Gasteiger partial charge in [-0.1, -0.05) is 6.07 Å². The fourth-order valence-electron chi connectivity index (χ4n) is 2.24. The molecule has 0 aliphatic heterocycles. The Hall–Kier alpha value is -1.40. The third kappa shape index (κ3) is 2.86. The van der Waals surface area contributed by atoms with Crippen molar-refractivity contribution in [1.29, 1.82) is 0 Å². The van der Waals surface area contributed by atoms with E-state index in [1.165, 1.54) is 17.7 Å². The Kier molecular flexibility index (Phi) is 3.76. The van der Waals surface area contributed by atoms with Crippen molar-refractivity contribution in [2.45, 2.75) is 18.9 Å². The molecule has 0 radical (unpaired) electrons. The van der Waals surface area contributed by atoms with Crippen LogP contribution in [0, 0.1) is 16.0 Å². The summed E-state index contributed by atoms with van der Waals surface area (Å²) in [6.07, 6.45) is 2.43. The van der Waals surface area contributed by atoms with Gasteiger partial charge in [-0.15, -0.1) is 11.3 Å². The second kappa shape index (κ2) is 5.54. The molecule has 104 valence electrons. The number of hydrogen-bond acceptors (Lipinski definition) is 4. The predicted octanol–water partition coefficient (Wildman–Crippen LogP) is 4.98. The minimum Gasteiger partial charge on any atom is -0.377 e. The Bertz CT molecular complexity index is 626. The lowest BCUT2D eigenvalue weighted by atomic mass is 10.1. The van der Waals surface area contributed by atoms with Gasteiger partial charge in [-0.2, -0.15) is 0 Å². The van der Waals surface area contributed by atoms with Gasteiger partial charge in [0.25, 0.3) is 5.69 Å². The van der Waals surface area contributed by atoms with Gasteiger partial charge in [0.05, 0.1) is 15.4 Å². The highest BCUT2D eigenvalue weighted by molar-refractivity contribution is 9.10. The standard InChI is InChI=1S/C14H13BrN2O2S/c15-11-6-5-10(8-12(11)17(18)19)16-14(9-3-4-9)13-2-1-7-20-13/h1-2,5-9,14,16H,3-4H2. The number of thiophene rings is 1. The van der Waals surface area contributed by atoms with Crippen molar-refractivity contribution in [3.05, 3.63) is 55.2 Å².